The minimum Gasteiger partial charge on any atom is -0.486 e. The first kappa shape index (κ1) is 11.2. The van der Waals surface area contributed by atoms with Crippen LogP contribution in [-0.4, -0.2) is 13.2 Å². The maximum atomic E-state index is 6.35. The van der Waals surface area contributed by atoms with Crippen molar-refractivity contribution in [2.45, 2.75) is 31.7 Å². The molecule has 0 aromatic heterocycles. The molecule has 1 aromatic carbocycles. The van der Waals surface area contributed by atoms with Gasteiger partial charge in [-0.1, -0.05) is 18.5 Å². The SMILES string of the molecule is CC1CC[C@@H](N)c2c3c(cc(Cl)c21)OCCO3. The molecule has 1 unspecified atom stereocenters. The van der Waals surface area contributed by atoms with Crippen molar-refractivity contribution in [3.8, 4) is 11.5 Å². The molecule has 4 heteroatoms. The van der Waals surface area contributed by atoms with Gasteiger partial charge in [0.15, 0.2) is 11.5 Å². The van der Waals surface area contributed by atoms with E-state index in [9.17, 15) is 0 Å². The molecule has 0 amide bonds. The third kappa shape index (κ3) is 1.69. The predicted octanol–water partition coefficient (Wildman–Crippen LogP) is 3.01. The Balaban J connectivity index is 2.24. The first-order valence-corrected chi connectivity index (χ1v) is 6.43. The third-order valence-corrected chi connectivity index (χ3v) is 3.95. The molecule has 0 spiro atoms. The smallest absolute Gasteiger partial charge is 0.166 e. The highest BCUT2D eigenvalue weighted by Gasteiger charge is 2.31. The topological polar surface area (TPSA) is 44.5 Å². The van der Waals surface area contributed by atoms with Crippen LogP contribution in [0.15, 0.2) is 6.07 Å². The van der Waals surface area contributed by atoms with E-state index in [-0.39, 0.29) is 6.04 Å². The Bertz CT molecular complexity index is 461. The van der Waals surface area contributed by atoms with Gasteiger partial charge >= 0.3 is 0 Å². The van der Waals surface area contributed by atoms with Crippen LogP contribution >= 0.6 is 11.6 Å². The summed E-state index contributed by atoms with van der Waals surface area (Å²) in [5, 5.41) is 0.756. The summed E-state index contributed by atoms with van der Waals surface area (Å²) in [7, 11) is 0. The normalized spacial score (nSPS) is 26.5. The highest BCUT2D eigenvalue weighted by atomic mass is 35.5. The van der Waals surface area contributed by atoms with E-state index in [0.717, 1.165) is 40.5 Å². The number of hydrogen-bond acceptors (Lipinski definition) is 3. The second kappa shape index (κ2) is 4.07. The summed E-state index contributed by atoms with van der Waals surface area (Å²) in [6, 6.07) is 1.87. The van der Waals surface area contributed by atoms with Crippen molar-refractivity contribution >= 4 is 11.6 Å². The average molecular weight is 254 g/mol. The quantitative estimate of drug-likeness (QED) is 0.773. The zero-order valence-corrected chi connectivity index (χ0v) is 10.6. The molecule has 0 saturated heterocycles. The molecule has 1 aliphatic carbocycles. The molecule has 3 rings (SSSR count). The number of nitrogens with two attached hydrogens (primary N) is 1. The Morgan fingerprint density at radius 2 is 2.00 bits per heavy atom. The van der Waals surface area contributed by atoms with Gasteiger partial charge in [0.1, 0.15) is 13.2 Å². The molecule has 92 valence electrons. The second-order valence-corrected chi connectivity index (χ2v) is 5.20. The number of halogens is 1. The maximum Gasteiger partial charge on any atom is 0.166 e. The van der Waals surface area contributed by atoms with Crippen LogP contribution in [0.3, 0.4) is 0 Å². The minimum absolute atomic E-state index is 0.00958. The van der Waals surface area contributed by atoms with Crippen molar-refractivity contribution in [1.82, 2.24) is 0 Å². The minimum atomic E-state index is 0.00958. The van der Waals surface area contributed by atoms with Crippen LogP contribution in [0, 0.1) is 0 Å². The summed E-state index contributed by atoms with van der Waals surface area (Å²) in [5.41, 5.74) is 8.42. The molecule has 0 saturated carbocycles. The van der Waals surface area contributed by atoms with E-state index in [1.165, 1.54) is 0 Å². The fourth-order valence-electron chi connectivity index (χ4n) is 2.78. The molecule has 0 radical (unpaired) electrons. The number of rotatable bonds is 0. The zero-order chi connectivity index (χ0) is 12.0. The molecule has 0 bridgehead atoms. The Hall–Kier alpha value is -0.930. The Labute approximate surface area is 106 Å². The molecular weight excluding hydrogens is 238 g/mol. The fraction of sp³-hybridized carbons (Fsp3) is 0.538. The molecule has 2 aliphatic rings. The van der Waals surface area contributed by atoms with Crippen molar-refractivity contribution in [1.29, 1.82) is 0 Å². The van der Waals surface area contributed by atoms with E-state index in [2.05, 4.69) is 6.92 Å². The monoisotopic (exact) mass is 253 g/mol. The highest BCUT2D eigenvalue weighted by molar-refractivity contribution is 6.31. The molecule has 3 nitrogen and oxygen atoms in total. The van der Waals surface area contributed by atoms with Gasteiger partial charge in [-0.3, -0.25) is 0 Å². The molecule has 1 aliphatic heterocycles. The van der Waals surface area contributed by atoms with Gasteiger partial charge in [0, 0.05) is 22.7 Å². The van der Waals surface area contributed by atoms with Gasteiger partial charge in [0.25, 0.3) is 0 Å². The highest BCUT2D eigenvalue weighted by Crippen LogP contribution is 2.49. The fourth-order valence-corrected chi connectivity index (χ4v) is 3.17. The lowest BCUT2D eigenvalue weighted by Gasteiger charge is -2.32. The largest absolute Gasteiger partial charge is 0.486 e. The van der Waals surface area contributed by atoms with E-state index in [1.54, 1.807) is 0 Å². The van der Waals surface area contributed by atoms with Crippen molar-refractivity contribution in [3.05, 3.63) is 22.2 Å². The number of fused-ring (bicyclic) bond motifs is 3. The molecule has 1 aromatic rings. The van der Waals surface area contributed by atoms with Crippen LogP contribution < -0.4 is 15.2 Å². The lowest BCUT2D eigenvalue weighted by molar-refractivity contribution is 0.168. The molecule has 2 atom stereocenters. The standard InChI is InChI=1S/C13H16ClNO2/c1-7-2-3-9(15)12-11(7)8(14)6-10-13(12)17-5-4-16-10/h6-7,9H,2-5,15H2,1H3/t7?,9-/m1/s1. The zero-order valence-electron chi connectivity index (χ0n) is 9.83. The van der Waals surface area contributed by atoms with Crippen molar-refractivity contribution in [2.75, 3.05) is 13.2 Å². The van der Waals surface area contributed by atoms with Gasteiger partial charge in [-0.25, -0.2) is 0 Å². The van der Waals surface area contributed by atoms with Gasteiger partial charge in [0.2, 0.25) is 0 Å². The van der Waals surface area contributed by atoms with Crippen molar-refractivity contribution in [2.24, 2.45) is 5.73 Å². The number of benzene rings is 1. The van der Waals surface area contributed by atoms with E-state index in [0.29, 0.717) is 19.1 Å². The average Bonchev–Trinajstić information content (AvgIpc) is 2.33. The van der Waals surface area contributed by atoms with Crippen molar-refractivity contribution < 1.29 is 9.47 Å². The Morgan fingerprint density at radius 1 is 1.24 bits per heavy atom. The number of ether oxygens (including phenoxy) is 2. The van der Waals surface area contributed by atoms with Gasteiger partial charge < -0.3 is 15.2 Å². The van der Waals surface area contributed by atoms with Gasteiger partial charge in [0.05, 0.1) is 0 Å². The summed E-state index contributed by atoms with van der Waals surface area (Å²) in [6.07, 6.45) is 2.05. The first-order chi connectivity index (χ1) is 8.18. The van der Waals surface area contributed by atoms with Gasteiger partial charge in [-0.2, -0.15) is 0 Å². The first-order valence-electron chi connectivity index (χ1n) is 6.06. The second-order valence-electron chi connectivity index (χ2n) is 4.79. The predicted molar refractivity (Wildman–Crippen MR) is 67.0 cm³/mol. The molecule has 0 fully saturated rings. The summed E-state index contributed by atoms with van der Waals surface area (Å²) < 4.78 is 11.3. The van der Waals surface area contributed by atoms with Crippen molar-refractivity contribution in [3.63, 3.8) is 0 Å². The Kier molecular flexibility index (Phi) is 2.68. The lowest BCUT2D eigenvalue weighted by atomic mass is 9.80. The summed E-state index contributed by atoms with van der Waals surface area (Å²) in [4.78, 5) is 0. The Morgan fingerprint density at radius 3 is 2.82 bits per heavy atom. The summed E-state index contributed by atoms with van der Waals surface area (Å²) in [5.74, 6) is 1.99. The van der Waals surface area contributed by atoms with Crippen LogP contribution in [0.5, 0.6) is 11.5 Å². The van der Waals surface area contributed by atoms with E-state index in [1.807, 2.05) is 6.07 Å². The van der Waals surface area contributed by atoms with E-state index in [4.69, 9.17) is 26.8 Å². The van der Waals surface area contributed by atoms with Crippen LogP contribution in [0.4, 0.5) is 0 Å². The van der Waals surface area contributed by atoms with E-state index >= 15 is 0 Å². The van der Waals surface area contributed by atoms with E-state index < -0.39 is 0 Å². The van der Waals surface area contributed by atoms with Crippen LogP contribution in [-0.2, 0) is 0 Å². The molecule has 17 heavy (non-hydrogen) atoms. The summed E-state index contributed by atoms with van der Waals surface area (Å²) in [6.45, 7) is 3.35. The molecule has 2 N–H and O–H groups in total. The lowest BCUT2D eigenvalue weighted by Crippen LogP contribution is -2.24. The van der Waals surface area contributed by atoms with Gasteiger partial charge in [-0.15, -0.1) is 0 Å². The number of hydrogen-bond donors (Lipinski definition) is 1. The summed E-state index contributed by atoms with van der Waals surface area (Å²) >= 11 is 6.35. The van der Waals surface area contributed by atoms with Gasteiger partial charge in [-0.05, 0) is 24.3 Å². The molecule has 1 heterocycles. The third-order valence-electron chi connectivity index (χ3n) is 3.64. The maximum absolute atomic E-state index is 6.35. The van der Waals surface area contributed by atoms with Crippen LogP contribution in [0.25, 0.3) is 0 Å². The van der Waals surface area contributed by atoms with Crippen LogP contribution in [0.1, 0.15) is 42.9 Å². The van der Waals surface area contributed by atoms with Crippen LogP contribution in [0.2, 0.25) is 5.02 Å². The molecular formula is C13H16ClNO2.